The first-order valence-electron chi connectivity index (χ1n) is 12.6. The Kier molecular flexibility index (Phi) is 10.6. The number of oxime groups is 1. The highest BCUT2D eigenvalue weighted by Gasteiger charge is 2.54. The van der Waals surface area contributed by atoms with Crippen LogP contribution < -0.4 is 15.8 Å². The van der Waals surface area contributed by atoms with E-state index in [-0.39, 0.29) is 47.6 Å². The van der Waals surface area contributed by atoms with Crippen LogP contribution in [0.3, 0.4) is 0 Å². The number of ether oxygens (including phenoxy) is 4. The molecule has 1 unspecified atom stereocenters. The molecule has 13 nitrogen and oxygen atoms in total. The number of aliphatic hydroxyl groups is 1. The van der Waals surface area contributed by atoms with Crippen LogP contribution in [-0.2, 0) is 23.9 Å². The zero-order chi connectivity index (χ0) is 31.0. The van der Waals surface area contributed by atoms with E-state index in [4.69, 9.17) is 45.9 Å². The third-order valence-corrected chi connectivity index (χ3v) is 6.46. The first-order valence-corrected chi connectivity index (χ1v) is 12.6. The number of methoxy groups -OCH3 is 1. The fourth-order valence-corrected chi connectivity index (χ4v) is 4.58. The van der Waals surface area contributed by atoms with Gasteiger partial charge in [-0.05, 0) is 39.3 Å². The Bertz CT molecular complexity index is 1490. The molecule has 0 saturated carbocycles. The lowest BCUT2D eigenvalue weighted by Crippen LogP contribution is -2.66. The Morgan fingerprint density at radius 2 is 2.02 bits per heavy atom. The summed E-state index contributed by atoms with van der Waals surface area (Å²) < 4.78 is 28.7. The second-order valence-corrected chi connectivity index (χ2v) is 9.35. The number of carbonyl (C=O) groups is 1. The Labute approximate surface area is 241 Å². The average Bonchev–Trinajstić information content (AvgIpc) is 2.93. The molecule has 3 N–H and O–H groups in total. The van der Waals surface area contributed by atoms with Crippen LogP contribution in [0, 0.1) is 31.6 Å². The van der Waals surface area contributed by atoms with Gasteiger partial charge in [0.15, 0.2) is 12.7 Å². The minimum atomic E-state index is -1.43. The Morgan fingerprint density at radius 1 is 1.31 bits per heavy atom. The molecular formula is C29H32N2O11. The Morgan fingerprint density at radius 3 is 2.67 bits per heavy atom. The van der Waals surface area contributed by atoms with E-state index in [0.29, 0.717) is 5.56 Å². The van der Waals surface area contributed by atoms with Gasteiger partial charge in [0.2, 0.25) is 6.29 Å². The molecule has 13 heteroatoms. The van der Waals surface area contributed by atoms with E-state index in [2.05, 4.69) is 23.6 Å². The Balaban J connectivity index is 2.02. The van der Waals surface area contributed by atoms with Crippen molar-refractivity contribution in [1.82, 2.24) is 5.48 Å². The highest BCUT2D eigenvalue weighted by atomic mass is 16.7. The van der Waals surface area contributed by atoms with Crippen molar-refractivity contribution in [2.45, 2.75) is 57.4 Å². The van der Waals surface area contributed by atoms with Crippen LogP contribution in [0.4, 0.5) is 4.79 Å². The summed E-state index contributed by atoms with van der Waals surface area (Å²) in [5, 5.41) is 26.0. The molecule has 2 aromatic rings. The number of aliphatic hydroxyl groups excluding tert-OH is 1. The average molecular weight is 585 g/mol. The number of aromatic hydroxyl groups is 1. The lowest BCUT2D eigenvalue weighted by molar-refractivity contribution is -0.309. The van der Waals surface area contributed by atoms with Crippen LogP contribution in [0.25, 0.3) is 11.0 Å². The molecule has 1 aliphatic rings. The smallest absolute Gasteiger partial charge is 0.431 e. The van der Waals surface area contributed by atoms with Gasteiger partial charge in [-0.1, -0.05) is 23.1 Å². The van der Waals surface area contributed by atoms with Crippen molar-refractivity contribution >= 4 is 22.8 Å². The molecule has 1 fully saturated rings. The van der Waals surface area contributed by atoms with Crippen molar-refractivity contribution < 1.29 is 48.0 Å². The fraction of sp³-hybridized carbons (Fsp3) is 0.414. The largest absolute Gasteiger partial charge is 0.506 e. The van der Waals surface area contributed by atoms with Crippen LogP contribution in [-0.4, -0.2) is 72.5 Å². The van der Waals surface area contributed by atoms with Gasteiger partial charge in [-0.2, -0.15) is 5.48 Å². The number of hydrogen-bond donors (Lipinski definition) is 3. The number of nitrogens with one attached hydrogen (secondary N) is 1. The summed E-state index contributed by atoms with van der Waals surface area (Å²) in [6, 6.07) is 2.93. The summed E-state index contributed by atoms with van der Waals surface area (Å²) in [5.41, 5.74) is 0.116. The molecule has 5 atom stereocenters. The fourth-order valence-electron chi connectivity index (χ4n) is 4.58. The van der Waals surface area contributed by atoms with Gasteiger partial charge in [-0.25, -0.2) is 9.59 Å². The molecule has 224 valence electrons. The highest BCUT2D eigenvalue weighted by Crippen LogP contribution is 2.39. The van der Waals surface area contributed by atoms with Crippen molar-refractivity contribution in [2.75, 3.05) is 20.3 Å². The van der Waals surface area contributed by atoms with Gasteiger partial charge in [0.1, 0.15) is 47.1 Å². The first-order chi connectivity index (χ1) is 20.0. The number of aryl methyl sites for hydroxylation is 1. The standard InChI is InChI=1S/C29H32N2O11/c1-8-13-29(6)25(36-7)22(33)24(41-28(35)31-38-15-10-3)27(42-29)39-19-12-11-18-21(32)20(17(5)30-37-14-9-2)26(34)40-23(18)16(19)4/h2-3,8,11-12,22,24-25,27,32-33H,1,13-15H2,4-7H3,(H,31,35)/b30-17+/t22-,24+,25+,27?,29-/m0/s1. The van der Waals surface area contributed by atoms with Crippen LogP contribution in [0.1, 0.15) is 31.4 Å². The predicted octanol–water partition coefficient (Wildman–Crippen LogP) is 2.29. The van der Waals surface area contributed by atoms with Crippen molar-refractivity contribution in [3.8, 4) is 36.2 Å². The predicted molar refractivity (Wildman–Crippen MR) is 150 cm³/mol. The number of rotatable bonds is 11. The number of fused-ring (bicyclic) bond motifs is 1. The third kappa shape index (κ3) is 6.67. The van der Waals surface area contributed by atoms with E-state index in [1.54, 1.807) is 19.9 Å². The van der Waals surface area contributed by atoms with Gasteiger partial charge < -0.3 is 38.4 Å². The number of carbonyl (C=O) groups excluding carboxylic acids is 1. The summed E-state index contributed by atoms with van der Waals surface area (Å²) in [5.74, 6) is 4.15. The maximum absolute atomic E-state index is 12.8. The van der Waals surface area contributed by atoms with E-state index < -0.39 is 47.7 Å². The topological polar surface area (TPSA) is 168 Å². The number of hydrogen-bond acceptors (Lipinski definition) is 12. The maximum atomic E-state index is 12.8. The Hall–Kier alpha value is -4.53. The molecule has 1 aromatic heterocycles. The van der Waals surface area contributed by atoms with E-state index >= 15 is 0 Å². The second kappa shape index (κ2) is 13.9. The molecule has 3 rings (SSSR count). The molecule has 0 radical (unpaired) electrons. The molecule has 2 heterocycles. The molecule has 1 aromatic carbocycles. The molecular weight excluding hydrogens is 552 g/mol. The monoisotopic (exact) mass is 584 g/mol. The van der Waals surface area contributed by atoms with E-state index in [1.165, 1.54) is 26.2 Å². The zero-order valence-corrected chi connectivity index (χ0v) is 23.5. The van der Waals surface area contributed by atoms with Gasteiger partial charge >= 0.3 is 11.7 Å². The number of nitrogens with zero attached hydrogens (tertiary/aromatic N) is 1. The third-order valence-electron chi connectivity index (χ3n) is 6.46. The zero-order valence-electron chi connectivity index (χ0n) is 23.5. The van der Waals surface area contributed by atoms with Crippen LogP contribution in [0.5, 0.6) is 11.5 Å². The van der Waals surface area contributed by atoms with E-state index in [9.17, 15) is 19.8 Å². The maximum Gasteiger partial charge on any atom is 0.431 e. The minimum absolute atomic E-state index is 0.00830. The van der Waals surface area contributed by atoms with Crippen LogP contribution in [0.2, 0.25) is 0 Å². The molecule has 42 heavy (non-hydrogen) atoms. The highest BCUT2D eigenvalue weighted by molar-refractivity contribution is 6.04. The number of amides is 1. The van der Waals surface area contributed by atoms with Gasteiger partial charge in [0.05, 0.1) is 11.1 Å². The first kappa shape index (κ1) is 32.0. The van der Waals surface area contributed by atoms with Crippen molar-refractivity contribution in [1.29, 1.82) is 0 Å². The quantitative estimate of drug-likeness (QED) is 0.0885. The number of benzene rings is 1. The van der Waals surface area contributed by atoms with Crippen LogP contribution >= 0.6 is 0 Å². The second-order valence-electron chi connectivity index (χ2n) is 9.35. The van der Waals surface area contributed by atoms with Crippen molar-refractivity contribution in [3.05, 3.63) is 46.3 Å². The van der Waals surface area contributed by atoms with Gasteiger partial charge in [0, 0.05) is 12.7 Å². The molecule has 1 saturated heterocycles. The van der Waals surface area contributed by atoms with E-state index in [0.717, 1.165) is 0 Å². The summed E-state index contributed by atoms with van der Waals surface area (Å²) in [6.45, 7) is 8.09. The summed E-state index contributed by atoms with van der Waals surface area (Å²) >= 11 is 0. The molecule has 0 spiro atoms. The SMILES string of the molecule is C#CCO/N=C(\C)c1c(O)c2ccc(OC3O[C@@](C)(CC=C)[C@H](OC)[C@@H](O)[C@H]3OC(=O)NOCC#C)c(C)c2oc1=O. The van der Waals surface area contributed by atoms with Crippen molar-refractivity contribution in [3.63, 3.8) is 0 Å². The van der Waals surface area contributed by atoms with Crippen molar-refractivity contribution in [2.24, 2.45) is 5.16 Å². The van der Waals surface area contributed by atoms with Gasteiger partial charge in [-0.15, -0.1) is 19.4 Å². The number of hydroxylamine groups is 1. The van der Waals surface area contributed by atoms with Gasteiger partial charge in [-0.3, -0.25) is 4.84 Å². The molecule has 1 aliphatic heterocycles. The van der Waals surface area contributed by atoms with E-state index in [1.807, 2.05) is 5.48 Å². The molecule has 0 bridgehead atoms. The molecule has 1 amide bonds. The lowest BCUT2D eigenvalue weighted by atomic mass is 9.85. The minimum Gasteiger partial charge on any atom is -0.506 e. The normalized spacial score (nSPS) is 23.8. The lowest BCUT2D eigenvalue weighted by Gasteiger charge is -2.48. The van der Waals surface area contributed by atoms with Gasteiger partial charge in [0.25, 0.3) is 0 Å². The van der Waals surface area contributed by atoms with Crippen LogP contribution in [0.15, 0.2) is 39.2 Å². The number of terminal acetylenes is 2. The summed E-state index contributed by atoms with van der Waals surface area (Å²) in [4.78, 5) is 34.9. The summed E-state index contributed by atoms with van der Waals surface area (Å²) in [7, 11) is 1.37. The molecule has 0 aliphatic carbocycles. The summed E-state index contributed by atoms with van der Waals surface area (Å²) in [6.07, 6.45) is 5.78.